The van der Waals surface area contributed by atoms with E-state index in [0.717, 1.165) is 29.9 Å². The van der Waals surface area contributed by atoms with Gasteiger partial charge in [0.1, 0.15) is 5.82 Å². The van der Waals surface area contributed by atoms with Crippen molar-refractivity contribution in [2.45, 2.75) is 26.8 Å². The Morgan fingerprint density at radius 3 is 2.81 bits per heavy atom. The van der Waals surface area contributed by atoms with Crippen LogP contribution in [0.2, 0.25) is 0 Å². The van der Waals surface area contributed by atoms with E-state index in [1.54, 1.807) is 12.3 Å². The summed E-state index contributed by atoms with van der Waals surface area (Å²) in [5.41, 5.74) is 7.01. The minimum absolute atomic E-state index is 0. The van der Waals surface area contributed by atoms with E-state index in [4.69, 9.17) is 16.6 Å². The molecule has 0 aromatic carbocycles. The van der Waals surface area contributed by atoms with E-state index >= 15 is 0 Å². The van der Waals surface area contributed by atoms with Gasteiger partial charge in [-0.1, -0.05) is 24.1 Å². The van der Waals surface area contributed by atoms with Crippen molar-refractivity contribution in [3.05, 3.63) is 53.0 Å². The summed E-state index contributed by atoms with van der Waals surface area (Å²) in [4.78, 5) is 4.10. The Morgan fingerprint density at radius 1 is 1.52 bits per heavy atom. The van der Waals surface area contributed by atoms with Crippen LogP contribution in [-0.4, -0.2) is 21.6 Å². The van der Waals surface area contributed by atoms with Crippen LogP contribution in [0.3, 0.4) is 0 Å². The van der Waals surface area contributed by atoms with Crippen LogP contribution < -0.4 is 57.1 Å². The third-order valence-corrected chi connectivity index (χ3v) is 2.78. The molecule has 5 nitrogen and oxygen atoms in total. The molecule has 0 spiro atoms. The summed E-state index contributed by atoms with van der Waals surface area (Å²) in [6.07, 6.45) is 13.3. The van der Waals surface area contributed by atoms with Crippen molar-refractivity contribution in [1.82, 2.24) is 9.55 Å². The van der Waals surface area contributed by atoms with Crippen molar-refractivity contribution in [3.8, 4) is 0 Å². The van der Waals surface area contributed by atoms with Gasteiger partial charge in [-0.15, -0.1) is 0 Å². The van der Waals surface area contributed by atoms with Crippen LogP contribution in [0.25, 0.3) is 11.5 Å². The predicted octanol–water partition coefficient (Wildman–Crippen LogP) is -0.241. The zero-order valence-corrected chi connectivity index (χ0v) is 16.0. The molecule has 21 heavy (non-hydrogen) atoms. The van der Waals surface area contributed by atoms with Gasteiger partial charge in [-0.25, -0.2) is 4.98 Å². The zero-order valence-electron chi connectivity index (χ0n) is 12.9. The van der Waals surface area contributed by atoms with E-state index in [1.807, 2.05) is 42.8 Å². The molecule has 0 amide bonds. The number of hydrogen-bond acceptors (Lipinski definition) is 2. The molecule has 2 heterocycles. The van der Waals surface area contributed by atoms with E-state index in [1.165, 1.54) is 6.21 Å². The zero-order chi connectivity index (χ0) is 15.0. The standard InChI is InChI=1S/C8H9N4.C7H11N.K/c9-8(10)6-1-3-12-4-2-11-7(12)5-6;1-3-4-5-7(2)6-8;/h2,4-5H,1,3H2,(H2-,9,10);3-6,8H,1-2H3;/q-1;;+1/b;4-3-,7-5-,8-6?;. The maximum Gasteiger partial charge on any atom is 1.00 e. The first-order valence-corrected chi connectivity index (χ1v) is 6.42. The fraction of sp³-hybridized carbons (Fsp3) is 0.267. The number of aromatic nitrogens is 2. The number of rotatable bonds is 3. The molecule has 0 fully saturated rings. The average Bonchev–Trinajstić information content (AvgIpc) is 2.92. The molecular weight excluding hydrogens is 289 g/mol. The third-order valence-electron chi connectivity index (χ3n) is 2.78. The Kier molecular flexibility index (Phi) is 10.5. The number of nitrogens with one attached hydrogen (secondary N) is 1. The minimum Gasteiger partial charge on any atom is -0.495 e. The molecule has 0 saturated carbocycles. The molecule has 0 bridgehead atoms. The maximum atomic E-state index is 9.03. The number of nitrogens with zero attached hydrogens (tertiary/aromatic N) is 3. The molecule has 0 radical (unpaired) electrons. The monoisotopic (exact) mass is 309 g/mol. The number of allylic oxidation sites excluding steroid dienone is 4. The van der Waals surface area contributed by atoms with Crippen molar-refractivity contribution in [1.29, 1.82) is 5.41 Å². The number of nitrogens with two attached hydrogens (primary N) is 1. The molecule has 1 aromatic heterocycles. The molecule has 6 heteroatoms. The molecule has 0 atom stereocenters. The minimum atomic E-state index is -0.0933. The topological polar surface area (TPSA) is 90.0 Å². The van der Waals surface area contributed by atoms with E-state index in [0.29, 0.717) is 0 Å². The van der Waals surface area contributed by atoms with Crippen molar-refractivity contribution >= 4 is 18.1 Å². The summed E-state index contributed by atoms with van der Waals surface area (Å²) in [5, 5.41) is 15.8. The number of imidazole rings is 1. The molecule has 0 aliphatic carbocycles. The van der Waals surface area contributed by atoms with Crippen molar-refractivity contribution in [2.24, 2.45) is 5.73 Å². The third kappa shape index (κ3) is 7.15. The molecule has 3 N–H and O–H groups in total. The van der Waals surface area contributed by atoms with Crippen LogP contribution in [0.5, 0.6) is 0 Å². The number of fused-ring (bicyclic) bond motifs is 1. The largest absolute Gasteiger partial charge is 1.00 e. The molecule has 1 aliphatic rings. The second-order valence-corrected chi connectivity index (χ2v) is 4.36. The molecule has 1 aromatic rings. The van der Waals surface area contributed by atoms with Crippen molar-refractivity contribution < 1.29 is 51.4 Å². The van der Waals surface area contributed by atoms with Gasteiger partial charge in [0.25, 0.3) is 0 Å². The molecule has 2 rings (SSSR count). The fourth-order valence-corrected chi connectivity index (χ4v) is 1.62. The molecule has 0 saturated heterocycles. The van der Waals surface area contributed by atoms with Gasteiger partial charge in [0.05, 0.1) is 0 Å². The fourth-order valence-electron chi connectivity index (χ4n) is 1.62. The van der Waals surface area contributed by atoms with Crippen LogP contribution in [0.1, 0.15) is 26.1 Å². The number of hydrogen-bond donors (Lipinski definition) is 2. The van der Waals surface area contributed by atoms with Crippen LogP contribution in [-0.2, 0) is 6.54 Å². The maximum absolute atomic E-state index is 9.03. The predicted molar refractivity (Wildman–Crippen MR) is 84.7 cm³/mol. The van der Waals surface area contributed by atoms with Gasteiger partial charge >= 0.3 is 51.4 Å². The average molecular weight is 309 g/mol. The van der Waals surface area contributed by atoms with Gasteiger partial charge in [0.15, 0.2) is 0 Å². The summed E-state index contributed by atoms with van der Waals surface area (Å²) in [6.45, 7) is 4.68. The molecule has 0 unspecified atom stereocenters. The SMILES string of the molecule is C/C=C\C=C(\C)C=N.[K+].[N-]=C(N)C1=Cc2nccn2CC1. The molecular formula is C15H20KN5. The van der Waals surface area contributed by atoms with E-state index in [2.05, 4.69) is 4.98 Å². The molecule has 106 valence electrons. The Balaban J connectivity index is 0.000000397. The van der Waals surface area contributed by atoms with Crippen molar-refractivity contribution in [2.75, 3.05) is 0 Å². The summed E-state index contributed by atoms with van der Waals surface area (Å²) in [5.74, 6) is 0.762. The van der Waals surface area contributed by atoms with Gasteiger partial charge in [0.2, 0.25) is 0 Å². The van der Waals surface area contributed by atoms with Crippen LogP contribution in [0, 0.1) is 5.41 Å². The quantitative estimate of drug-likeness (QED) is 0.349. The number of amidine groups is 1. The summed E-state index contributed by atoms with van der Waals surface area (Å²) in [7, 11) is 0. The summed E-state index contributed by atoms with van der Waals surface area (Å²) in [6, 6.07) is 0. The van der Waals surface area contributed by atoms with Crippen LogP contribution >= 0.6 is 0 Å². The molecule has 1 aliphatic heterocycles. The van der Waals surface area contributed by atoms with Gasteiger partial charge in [-0.05, 0) is 37.5 Å². The van der Waals surface area contributed by atoms with Crippen LogP contribution in [0.4, 0.5) is 0 Å². The van der Waals surface area contributed by atoms with Gasteiger partial charge in [0, 0.05) is 25.2 Å². The normalized spacial score (nSPS) is 13.4. The Morgan fingerprint density at radius 2 is 2.24 bits per heavy atom. The first-order chi connectivity index (χ1) is 9.58. The van der Waals surface area contributed by atoms with E-state index in [9.17, 15) is 0 Å². The van der Waals surface area contributed by atoms with Gasteiger partial charge < -0.3 is 21.1 Å². The first kappa shape index (κ1) is 20.2. The second-order valence-electron chi connectivity index (χ2n) is 4.36. The van der Waals surface area contributed by atoms with Gasteiger partial charge in [-0.2, -0.15) is 0 Å². The van der Waals surface area contributed by atoms with E-state index in [-0.39, 0.29) is 57.2 Å². The van der Waals surface area contributed by atoms with Crippen LogP contribution in [0.15, 0.2) is 41.8 Å². The number of aryl methyl sites for hydroxylation is 1. The van der Waals surface area contributed by atoms with Crippen molar-refractivity contribution in [3.63, 3.8) is 0 Å². The Labute approximate surface area is 168 Å². The summed E-state index contributed by atoms with van der Waals surface area (Å²) >= 11 is 0. The second kappa shape index (κ2) is 10.9. The van der Waals surface area contributed by atoms with E-state index < -0.39 is 0 Å². The Hall–Kier alpha value is -0.794. The smallest absolute Gasteiger partial charge is 0.495 e. The Bertz CT molecular complexity index is 566. The van der Waals surface area contributed by atoms with Gasteiger partial charge in [-0.3, -0.25) is 0 Å². The summed E-state index contributed by atoms with van der Waals surface area (Å²) < 4.78 is 2.02. The first-order valence-electron chi connectivity index (χ1n) is 6.42.